The third kappa shape index (κ3) is 5.45. The summed E-state index contributed by atoms with van der Waals surface area (Å²) >= 11 is 1.65. The lowest BCUT2D eigenvalue weighted by molar-refractivity contribution is -0.136. The second-order valence-electron chi connectivity index (χ2n) is 5.13. The van der Waals surface area contributed by atoms with Crippen molar-refractivity contribution in [3.8, 4) is 0 Å². The van der Waals surface area contributed by atoms with Crippen LogP contribution in [0.4, 0.5) is 5.69 Å². The summed E-state index contributed by atoms with van der Waals surface area (Å²) < 4.78 is 0. The van der Waals surface area contributed by atoms with Gasteiger partial charge in [-0.25, -0.2) is 0 Å². The Bertz CT molecular complexity index is 628. The van der Waals surface area contributed by atoms with Gasteiger partial charge in [0.1, 0.15) is 0 Å². The minimum absolute atomic E-state index is 0.0625. The predicted molar refractivity (Wildman–Crippen MR) is 91.7 cm³/mol. The van der Waals surface area contributed by atoms with Gasteiger partial charge in [-0.15, -0.1) is 0 Å². The van der Waals surface area contributed by atoms with Gasteiger partial charge in [-0.05, 0) is 42.3 Å². The number of hydrogen-bond acceptors (Lipinski definition) is 3. The number of nitrogens with one attached hydrogen (secondary N) is 1. The van der Waals surface area contributed by atoms with E-state index >= 15 is 0 Å². The van der Waals surface area contributed by atoms with Crippen LogP contribution >= 0.6 is 11.8 Å². The maximum atomic E-state index is 10.8. The zero-order valence-electron chi connectivity index (χ0n) is 12.7. The largest absolute Gasteiger partial charge is 0.481 e. The molecule has 22 heavy (non-hydrogen) atoms. The number of hydrogen-bond donors (Lipinski definition) is 2. The molecule has 4 heteroatoms. The first-order chi connectivity index (χ1) is 10.7. The highest BCUT2D eigenvalue weighted by molar-refractivity contribution is 7.99. The predicted octanol–water partition coefficient (Wildman–Crippen LogP) is 4.68. The van der Waals surface area contributed by atoms with E-state index in [0.717, 1.165) is 34.0 Å². The van der Waals surface area contributed by atoms with Crippen molar-refractivity contribution in [3.63, 3.8) is 0 Å². The van der Waals surface area contributed by atoms with E-state index < -0.39 is 5.97 Å². The van der Waals surface area contributed by atoms with Crippen LogP contribution in [0.2, 0.25) is 0 Å². The second-order valence-corrected chi connectivity index (χ2v) is 6.28. The Hall–Kier alpha value is -1.94. The van der Waals surface area contributed by atoms with Gasteiger partial charge in [-0.2, -0.15) is 0 Å². The molecule has 0 unspecified atom stereocenters. The number of benzene rings is 2. The summed E-state index contributed by atoms with van der Waals surface area (Å²) in [5.74, 6) is -0.802. The van der Waals surface area contributed by atoms with Crippen molar-refractivity contribution in [2.45, 2.75) is 36.0 Å². The smallest absolute Gasteiger partial charge is 0.307 e. The van der Waals surface area contributed by atoms with Gasteiger partial charge < -0.3 is 10.4 Å². The fourth-order valence-corrected chi connectivity index (χ4v) is 3.07. The van der Waals surface area contributed by atoms with Crippen LogP contribution in [0.1, 0.15) is 25.3 Å². The molecule has 0 spiro atoms. The highest BCUT2D eigenvalue weighted by atomic mass is 32.2. The lowest BCUT2D eigenvalue weighted by Gasteiger charge is -2.08. The van der Waals surface area contributed by atoms with Crippen molar-refractivity contribution in [3.05, 3.63) is 54.1 Å². The number of aliphatic carboxylic acids is 1. The molecule has 2 aromatic rings. The Balaban J connectivity index is 2.03. The molecule has 0 aliphatic carbocycles. The number of carboxylic acids is 1. The Morgan fingerprint density at radius 3 is 2.59 bits per heavy atom. The van der Waals surface area contributed by atoms with Gasteiger partial charge in [0.15, 0.2) is 0 Å². The molecule has 0 saturated heterocycles. The molecule has 0 aromatic heterocycles. The summed E-state index contributed by atoms with van der Waals surface area (Å²) in [5.41, 5.74) is 1.95. The summed E-state index contributed by atoms with van der Waals surface area (Å²) in [7, 11) is 0. The van der Waals surface area contributed by atoms with E-state index in [1.54, 1.807) is 11.8 Å². The van der Waals surface area contributed by atoms with Crippen LogP contribution in [0.3, 0.4) is 0 Å². The molecule has 0 amide bonds. The molecule has 0 atom stereocenters. The summed E-state index contributed by atoms with van der Waals surface area (Å²) in [6.45, 7) is 3.16. The molecule has 0 bridgehead atoms. The van der Waals surface area contributed by atoms with Gasteiger partial charge in [0.25, 0.3) is 0 Å². The van der Waals surface area contributed by atoms with E-state index in [2.05, 4.69) is 30.4 Å². The maximum Gasteiger partial charge on any atom is 0.307 e. The lowest BCUT2D eigenvalue weighted by Crippen LogP contribution is -2.00. The van der Waals surface area contributed by atoms with Crippen LogP contribution in [-0.4, -0.2) is 17.6 Å². The normalized spacial score (nSPS) is 10.4. The van der Waals surface area contributed by atoms with Crippen LogP contribution in [-0.2, 0) is 11.2 Å². The van der Waals surface area contributed by atoms with Crippen molar-refractivity contribution >= 4 is 23.4 Å². The monoisotopic (exact) mass is 315 g/mol. The SMILES string of the molecule is CCCCNc1cccc(Sc2cccc(CC(=O)O)c2)c1. The van der Waals surface area contributed by atoms with Gasteiger partial charge in [0.2, 0.25) is 0 Å². The highest BCUT2D eigenvalue weighted by Gasteiger charge is 2.03. The van der Waals surface area contributed by atoms with Crippen LogP contribution in [0, 0.1) is 0 Å². The molecule has 0 aliphatic heterocycles. The van der Waals surface area contributed by atoms with Crippen molar-refractivity contribution in [1.29, 1.82) is 0 Å². The summed E-state index contributed by atoms with van der Waals surface area (Å²) in [6.07, 6.45) is 2.40. The number of anilines is 1. The number of carboxylic acid groups (broad SMARTS) is 1. The first-order valence-electron chi connectivity index (χ1n) is 7.50. The molecule has 2 aromatic carbocycles. The molecule has 0 aliphatic rings. The van der Waals surface area contributed by atoms with Gasteiger partial charge in [0, 0.05) is 22.0 Å². The van der Waals surface area contributed by atoms with Gasteiger partial charge in [0.05, 0.1) is 6.42 Å². The van der Waals surface area contributed by atoms with Gasteiger partial charge >= 0.3 is 5.97 Å². The average molecular weight is 315 g/mol. The summed E-state index contributed by atoms with van der Waals surface area (Å²) in [5, 5.41) is 12.3. The molecule has 0 fully saturated rings. The minimum atomic E-state index is -0.802. The lowest BCUT2D eigenvalue weighted by atomic mass is 10.2. The molecule has 0 radical (unpaired) electrons. The van der Waals surface area contributed by atoms with E-state index in [9.17, 15) is 4.79 Å². The highest BCUT2D eigenvalue weighted by Crippen LogP contribution is 2.30. The first kappa shape index (κ1) is 16.4. The molecule has 0 heterocycles. The van der Waals surface area contributed by atoms with E-state index in [0.29, 0.717) is 0 Å². The molecule has 116 valence electrons. The Labute approximate surface area is 135 Å². The first-order valence-corrected chi connectivity index (χ1v) is 8.31. The second kappa shape index (κ2) is 8.49. The van der Waals surface area contributed by atoms with E-state index in [1.807, 2.05) is 30.3 Å². The molecular formula is C18H21NO2S. The Morgan fingerprint density at radius 1 is 1.14 bits per heavy atom. The van der Waals surface area contributed by atoms with Gasteiger partial charge in [-0.1, -0.05) is 43.3 Å². The molecule has 3 nitrogen and oxygen atoms in total. The minimum Gasteiger partial charge on any atom is -0.481 e. The molecular weight excluding hydrogens is 294 g/mol. The third-order valence-corrected chi connectivity index (χ3v) is 4.16. The van der Waals surface area contributed by atoms with Crippen LogP contribution in [0.25, 0.3) is 0 Å². The fourth-order valence-electron chi connectivity index (χ4n) is 2.11. The van der Waals surface area contributed by atoms with Gasteiger partial charge in [-0.3, -0.25) is 4.79 Å². The van der Waals surface area contributed by atoms with Crippen LogP contribution in [0.5, 0.6) is 0 Å². The number of unbranched alkanes of at least 4 members (excludes halogenated alkanes) is 1. The van der Waals surface area contributed by atoms with Crippen molar-refractivity contribution in [2.24, 2.45) is 0 Å². The van der Waals surface area contributed by atoms with Crippen molar-refractivity contribution in [2.75, 3.05) is 11.9 Å². The average Bonchev–Trinajstić information content (AvgIpc) is 2.47. The summed E-state index contributed by atoms with van der Waals surface area (Å²) in [6, 6.07) is 16.0. The molecule has 0 saturated carbocycles. The quantitative estimate of drug-likeness (QED) is 0.695. The molecule has 2 rings (SSSR count). The van der Waals surface area contributed by atoms with Crippen LogP contribution in [0.15, 0.2) is 58.3 Å². The van der Waals surface area contributed by atoms with Crippen molar-refractivity contribution in [1.82, 2.24) is 0 Å². The van der Waals surface area contributed by atoms with E-state index in [1.165, 1.54) is 6.42 Å². The Morgan fingerprint density at radius 2 is 1.86 bits per heavy atom. The summed E-state index contributed by atoms with van der Waals surface area (Å²) in [4.78, 5) is 13.0. The maximum absolute atomic E-state index is 10.8. The zero-order chi connectivity index (χ0) is 15.8. The topological polar surface area (TPSA) is 49.3 Å². The van der Waals surface area contributed by atoms with Crippen molar-refractivity contribution < 1.29 is 9.90 Å². The number of carbonyl (C=O) groups is 1. The third-order valence-electron chi connectivity index (χ3n) is 3.18. The number of rotatable bonds is 8. The zero-order valence-corrected chi connectivity index (χ0v) is 13.5. The van der Waals surface area contributed by atoms with E-state index in [-0.39, 0.29) is 6.42 Å². The van der Waals surface area contributed by atoms with E-state index in [4.69, 9.17) is 5.11 Å². The Kier molecular flexibility index (Phi) is 6.34. The standard InChI is InChI=1S/C18H21NO2S/c1-2-3-10-19-15-7-5-9-17(13-15)22-16-8-4-6-14(11-16)12-18(20)21/h4-9,11,13,19H,2-3,10,12H2,1H3,(H,20,21). The molecule has 2 N–H and O–H groups in total. The fraction of sp³-hybridized carbons (Fsp3) is 0.278. The van der Waals surface area contributed by atoms with Crippen LogP contribution < -0.4 is 5.32 Å².